The quantitative estimate of drug-likeness (QED) is 0.872. The highest BCUT2D eigenvalue weighted by Crippen LogP contribution is 2.20. The lowest BCUT2D eigenvalue weighted by Crippen LogP contribution is -2.30. The standard InChI is InChI=1S/C13H21N3OS/c1-8(2)12(17)6-14-5-11-10(4)15-13-16(11)7-9(3)18-13/h7-8,12,14,17H,5-6H2,1-4H3. The Balaban J connectivity index is 2.04. The Morgan fingerprint density at radius 1 is 1.44 bits per heavy atom. The van der Waals surface area contributed by atoms with E-state index in [0.29, 0.717) is 6.54 Å². The SMILES string of the molecule is Cc1cn2c(CNCC(O)C(C)C)c(C)nc2s1. The summed E-state index contributed by atoms with van der Waals surface area (Å²) in [6, 6.07) is 0. The van der Waals surface area contributed by atoms with Gasteiger partial charge < -0.3 is 10.4 Å². The second-order valence-corrected chi connectivity index (χ2v) is 6.29. The summed E-state index contributed by atoms with van der Waals surface area (Å²) in [6.45, 7) is 9.54. The maximum Gasteiger partial charge on any atom is 0.194 e. The fraction of sp³-hybridized carbons (Fsp3) is 0.615. The van der Waals surface area contributed by atoms with E-state index in [-0.39, 0.29) is 12.0 Å². The third-order valence-corrected chi connectivity index (χ3v) is 4.05. The van der Waals surface area contributed by atoms with E-state index < -0.39 is 0 Å². The lowest BCUT2D eigenvalue weighted by Gasteiger charge is -2.15. The molecule has 0 fully saturated rings. The zero-order chi connectivity index (χ0) is 13.3. The summed E-state index contributed by atoms with van der Waals surface area (Å²) >= 11 is 1.71. The first-order chi connectivity index (χ1) is 8.49. The number of aromatic nitrogens is 2. The maximum atomic E-state index is 9.76. The highest BCUT2D eigenvalue weighted by molar-refractivity contribution is 7.17. The number of hydrogen-bond donors (Lipinski definition) is 2. The van der Waals surface area contributed by atoms with Gasteiger partial charge in [-0.25, -0.2) is 4.98 Å². The van der Waals surface area contributed by atoms with Gasteiger partial charge in [-0.15, -0.1) is 11.3 Å². The first kappa shape index (κ1) is 13.5. The van der Waals surface area contributed by atoms with Crippen LogP contribution >= 0.6 is 11.3 Å². The largest absolute Gasteiger partial charge is 0.392 e. The van der Waals surface area contributed by atoms with Crippen LogP contribution in [0.2, 0.25) is 0 Å². The molecule has 0 spiro atoms. The van der Waals surface area contributed by atoms with Crippen LogP contribution < -0.4 is 5.32 Å². The molecule has 0 saturated carbocycles. The molecule has 0 aliphatic carbocycles. The van der Waals surface area contributed by atoms with Crippen LogP contribution in [0.4, 0.5) is 0 Å². The molecule has 0 saturated heterocycles. The Morgan fingerprint density at radius 3 is 2.83 bits per heavy atom. The molecule has 100 valence electrons. The normalized spacial score (nSPS) is 13.7. The van der Waals surface area contributed by atoms with E-state index in [1.807, 2.05) is 20.8 Å². The van der Waals surface area contributed by atoms with Gasteiger partial charge in [0.1, 0.15) is 0 Å². The monoisotopic (exact) mass is 267 g/mol. The Morgan fingerprint density at radius 2 is 2.17 bits per heavy atom. The van der Waals surface area contributed by atoms with Gasteiger partial charge in [-0.2, -0.15) is 0 Å². The molecular weight excluding hydrogens is 246 g/mol. The lowest BCUT2D eigenvalue weighted by atomic mass is 10.1. The molecule has 0 bridgehead atoms. The number of thiazole rings is 1. The second kappa shape index (κ2) is 5.38. The molecule has 2 aromatic rings. The van der Waals surface area contributed by atoms with E-state index in [9.17, 15) is 5.11 Å². The van der Waals surface area contributed by atoms with Gasteiger partial charge in [0.25, 0.3) is 0 Å². The molecule has 5 heteroatoms. The predicted molar refractivity (Wildman–Crippen MR) is 75.1 cm³/mol. The molecule has 2 aromatic heterocycles. The lowest BCUT2D eigenvalue weighted by molar-refractivity contribution is 0.123. The molecule has 2 rings (SSSR count). The summed E-state index contributed by atoms with van der Waals surface area (Å²) in [6.07, 6.45) is 1.83. The molecule has 0 radical (unpaired) electrons. The Hall–Kier alpha value is -0.910. The summed E-state index contributed by atoms with van der Waals surface area (Å²) in [4.78, 5) is 6.86. The second-order valence-electron chi connectivity index (χ2n) is 5.08. The van der Waals surface area contributed by atoms with Gasteiger partial charge in [0, 0.05) is 24.2 Å². The molecular formula is C13H21N3OS. The first-order valence-electron chi connectivity index (χ1n) is 6.31. The van der Waals surface area contributed by atoms with Crippen molar-refractivity contribution in [2.24, 2.45) is 5.92 Å². The number of nitrogens with one attached hydrogen (secondary N) is 1. The number of nitrogens with zero attached hydrogens (tertiary/aromatic N) is 2. The Labute approximate surface area is 112 Å². The van der Waals surface area contributed by atoms with Crippen LogP contribution in [0.3, 0.4) is 0 Å². The number of aliphatic hydroxyl groups is 1. The number of aryl methyl sites for hydroxylation is 2. The van der Waals surface area contributed by atoms with E-state index in [0.717, 1.165) is 17.2 Å². The predicted octanol–water partition coefficient (Wildman–Crippen LogP) is 2.12. The molecule has 18 heavy (non-hydrogen) atoms. The van der Waals surface area contributed by atoms with Crippen LogP contribution in [0.25, 0.3) is 4.96 Å². The summed E-state index contributed by atoms with van der Waals surface area (Å²) < 4.78 is 2.14. The molecule has 2 N–H and O–H groups in total. The fourth-order valence-corrected chi connectivity index (χ4v) is 2.79. The molecule has 0 aromatic carbocycles. The summed E-state index contributed by atoms with van der Waals surface area (Å²) in [5.41, 5.74) is 2.25. The maximum absolute atomic E-state index is 9.76. The van der Waals surface area contributed by atoms with Crippen LogP contribution in [0.15, 0.2) is 6.20 Å². The Bertz CT molecular complexity index is 530. The number of fused-ring (bicyclic) bond motifs is 1. The van der Waals surface area contributed by atoms with Crippen molar-refractivity contribution < 1.29 is 5.11 Å². The summed E-state index contributed by atoms with van der Waals surface area (Å²) in [7, 11) is 0. The van der Waals surface area contributed by atoms with Gasteiger partial charge >= 0.3 is 0 Å². The minimum absolute atomic E-state index is 0.285. The average Bonchev–Trinajstić information content (AvgIpc) is 2.76. The third kappa shape index (κ3) is 2.74. The van der Waals surface area contributed by atoms with Gasteiger partial charge in [0.15, 0.2) is 4.96 Å². The highest BCUT2D eigenvalue weighted by atomic mass is 32.1. The van der Waals surface area contributed by atoms with Crippen molar-refractivity contribution in [1.82, 2.24) is 14.7 Å². The molecule has 1 atom stereocenters. The molecule has 0 aliphatic rings. The van der Waals surface area contributed by atoms with Gasteiger partial charge in [-0.05, 0) is 19.8 Å². The van der Waals surface area contributed by atoms with E-state index in [1.165, 1.54) is 10.6 Å². The molecule has 2 heterocycles. The first-order valence-corrected chi connectivity index (χ1v) is 7.13. The smallest absolute Gasteiger partial charge is 0.194 e. The number of imidazole rings is 1. The molecule has 4 nitrogen and oxygen atoms in total. The Kier molecular flexibility index (Phi) is 4.04. The van der Waals surface area contributed by atoms with Crippen LogP contribution in [0.5, 0.6) is 0 Å². The van der Waals surface area contributed by atoms with E-state index >= 15 is 0 Å². The fourth-order valence-electron chi connectivity index (χ4n) is 1.90. The van der Waals surface area contributed by atoms with Crippen molar-refractivity contribution in [3.63, 3.8) is 0 Å². The van der Waals surface area contributed by atoms with Gasteiger partial charge in [0.05, 0.1) is 17.5 Å². The number of hydrogen-bond acceptors (Lipinski definition) is 4. The zero-order valence-corrected chi connectivity index (χ0v) is 12.2. The van der Waals surface area contributed by atoms with E-state index in [4.69, 9.17) is 0 Å². The zero-order valence-electron chi connectivity index (χ0n) is 11.4. The van der Waals surface area contributed by atoms with E-state index in [2.05, 4.69) is 27.8 Å². The minimum atomic E-state index is -0.294. The van der Waals surface area contributed by atoms with Crippen molar-refractivity contribution >= 4 is 16.3 Å². The third-order valence-electron chi connectivity index (χ3n) is 3.16. The van der Waals surface area contributed by atoms with Crippen LogP contribution in [0.1, 0.15) is 30.1 Å². The van der Waals surface area contributed by atoms with Crippen molar-refractivity contribution in [2.45, 2.75) is 40.3 Å². The summed E-state index contributed by atoms with van der Waals surface area (Å²) in [5, 5.41) is 13.1. The average molecular weight is 267 g/mol. The van der Waals surface area contributed by atoms with Crippen molar-refractivity contribution in [3.8, 4) is 0 Å². The van der Waals surface area contributed by atoms with E-state index in [1.54, 1.807) is 11.3 Å². The summed E-state index contributed by atoms with van der Waals surface area (Å²) in [5.74, 6) is 0.285. The van der Waals surface area contributed by atoms with Crippen LogP contribution in [0, 0.1) is 19.8 Å². The van der Waals surface area contributed by atoms with Crippen molar-refractivity contribution in [3.05, 3.63) is 22.5 Å². The molecule has 0 aliphatic heterocycles. The highest BCUT2D eigenvalue weighted by Gasteiger charge is 2.12. The molecule has 0 amide bonds. The van der Waals surface area contributed by atoms with Crippen LogP contribution in [-0.4, -0.2) is 27.1 Å². The minimum Gasteiger partial charge on any atom is -0.392 e. The van der Waals surface area contributed by atoms with Crippen molar-refractivity contribution in [2.75, 3.05) is 6.54 Å². The van der Waals surface area contributed by atoms with Crippen molar-refractivity contribution in [1.29, 1.82) is 0 Å². The van der Waals surface area contributed by atoms with Crippen LogP contribution in [-0.2, 0) is 6.54 Å². The van der Waals surface area contributed by atoms with Gasteiger partial charge in [0.2, 0.25) is 0 Å². The molecule has 1 unspecified atom stereocenters. The number of aliphatic hydroxyl groups excluding tert-OH is 1. The number of rotatable bonds is 5. The topological polar surface area (TPSA) is 49.6 Å². The van der Waals surface area contributed by atoms with Gasteiger partial charge in [-0.3, -0.25) is 4.40 Å². The van der Waals surface area contributed by atoms with Gasteiger partial charge in [-0.1, -0.05) is 13.8 Å².